The van der Waals surface area contributed by atoms with Gasteiger partial charge in [0, 0.05) is 48.1 Å². The lowest BCUT2D eigenvalue weighted by molar-refractivity contribution is 0.0511. The molecule has 39 heavy (non-hydrogen) atoms. The van der Waals surface area contributed by atoms with Crippen LogP contribution in [0.2, 0.25) is 0 Å². The molecule has 0 saturated carbocycles. The van der Waals surface area contributed by atoms with E-state index in [2.05, 4.69) is 69.4 Å². The zero-order valence-corrected chi connectivity index (χ0v) is 26.6. The van der Waals surface area contributed by atoms with Crippen molar-refractivity contribution in [2.75, 3.05) is 20.3 Å². The second-order valence-electron chi connectivity index (χ2n) is 8.07. The zero-order chi connectivity index (χ0) is 28.1. The van der Waals surface area contributed by atoms with E-state index in [1.54, 1.807) is 27.2 Å². The Morgan fingerprint density at radius 3 is 2.05 bits per heavy atom. The van der Waals surface area contributed by atoms with Gasteiger partial charge in [0.1, 0.15) is 11.4 Å². The Bertz CT molecular complexity index is 1660. The molecular weight excluding hydrogens is 745 g/mol. The van der Waals surface area contributed by atoms with Crippen LogP contribution in [0.25, 0.3) is 32.9 Å². The Balaban J connectivity index is 0.000000193. The highest BCUT2D eigenvalue weighted by Crippen LogP contribution is 2.38. The predicted molar refractivity (Wildman–Crippen MR) is 166 cm³/mol. The summed E-state index contributed by atoms with van der Waals surface area (Å²) in [4.78, 5) is 34.5. The molecule has 0 atom stereocenters. The molecule has 0 radical (unpaired) electrons. The Morgan fingerprint density at radius 1 is 0.872 bits per heavy atom. The van der Waals surface area contributed by atoms with Gasteiger partial charge in [-0.15, -0.1) is 0 Å². The van der Waals surface area contributed by atoms with Crippen molar-refractivity contribution >= 4 is 88.2 Å². The van der Waals surface area contributed by atoms with E-state index in [1.807, 2.05) is 48.5 Å². The first-order valence-corrected chi connectivity index (χ1v) is 14.6. The fraction of sp³-hybridized carbons (Fsp3) is 0.179. The Hall–Kier alpha value is -2.90. The number of aromatic amines is 2. The normalized spacial score (nSPS) is 10.7. The van der Waals surface area contributed by atoms with E-state index < -0.39 is 5.97 Å². The molecule has 2 aromatic carbocycles. The Morgan fingerprint density at radius 2 is 1.44 bits per heavy atom. The fourth-order valence-corrected chi connectivity index (χ4v) is 5.54. The number of nitrogens with zero attached hydrogens (tertiary/aromatic N) is 1. The minimum Gasteiger partial charge on any atom is -0.481 e. The summed E-state index contributed by atoms with van der Waals surface area (Å²) in [5.41, 5.74) is 4.17. The minimum absolute atomic E-state index is 0.306. The second-order valence-corrected chi connectivity index (χ2v) is 11.0. The van der Waals surface area contributed by atoms with Crippen LogP contribution in [0.5, 0.6) is 5.88 Å². The van der Waals surface area contributed by atoms with Crippen LogP contribution in [0.3, 0.4) is 0 Å². The van der Waals surface area contributed by atoms with Crippen molar-refractivity contribution < 1.29 is 23.8 Å². The summed E-state index contributed by atoms with van der Waals surface area (Å²) in [5, 5.41) is 1.92. The lowest BCUT2D eigenvalue weighted by atomic mass is 10.0. The van der Waals surface area contributed by atoms with Crippen LogP contribution in [0.1, 0.15) is 34.8 Å². The molecule has 0 amide bonds. The number of rotatable bonds is 6. The summed E-state index contributed by atoms with van der Waals surface area (Å²) in [6, 6.07) is 15.3. The van der Waals surface area contributed by atoms with E-state index in [9.17, 15) is 9.59 Å². The quantitative estimate of drug-likeness (QED) is 0.135. The molecule has 8 nitrogen and oxygen atoms in total. The van der Waals surface area contributed by atoms with Gasteiger partial charge in [0.05, 0.1) is 23.9 Å². The molecule has 5 aromatic rings. The number of fused-ring (bicyclic) bond motifs is 2. The van der Waals surface area contributed by atoms with Crippen molar-refractivity contribution in [1.82, 2.24) is 15.0 Å². The average Bonchev–Trinajstić information content (AvgIpc) is 3.46. The van der Waals surface area contributed by atoms with Crippen LogP contribution in [0.4, 0.5) is 0 Å². The monoisotopic (exact) mass is 767 g/mol. The van der Waals surface area contributed by atoms with Gasteiger partial charge in [0.15, 0.2) is 0 Å². The van der Waals surface area contributed by atoms with Crippen molar-refractivity contribution in [1.29, 1.82) is 0 Å². The van der Waals surface area contributed by atoms with Crippen LogP contribution in [-0.4, -0.2) is 47.2 Å². The van der Waals surface area contributed by atoms with Crippen molar-refractivity contribution in [3.63, 3.8) is 0 Å². The number of H-pyrrole nitrogens is 2. The summed E-state index contributed by atoms with van der Waals surface area (Å²) >= 11 is 9.04. The summed E-state index contributed by atoms with van der Waals surface area (Å²) in [5.74, 6) is -0.251. The van der Waals surface area contributed by atoms with E-state index >= 15 is 0 Å². The van der Waals surface area contributed by atoms with E-state index in [0.717, 1.165) is 45.4 Å². The number of hydrogen-bond donors (Lipinski definition) is 2. The smallest absolute Gasteiger partial charge is 0.355 e. The molecule has 0 spiro atoms. The molecule has 11 heteroatoms. The molecule has 0 aliphatic carbocycles. The zero-order valence-electron chi connectivity index (χ0n) is 21.2. The molecule has 0 unspecified atom stereocenters. The first kappa shape index (κ1) is 29.1. The first-order valence-electron chi connectivity index (χ1n) is 11.9. The molecule has 5 rings (SSSR count). The van der Waals surface area contributed by atoms with Crippen LogP contribution in [-0.2, 0) is 9.47 Å². The third-order valence-electron chi connectivity index (χ3n) is 5.65. The number of esters is 2. The van der Waals surface area contributed by atoms with E-state index in [0.29, 0.717) is 30.5 Å². The minimum atomic E-state index is -0.402. The molecule has 0 bridgehead atoms. The highest BCUT2D eigenvalue weighted by molar-refractivity contribution is 14.1. The number of carbonyl (C=O) groups excluding carboxylic acids is 2. The lowest BCUT2D eigenvalue weighted by Gasteiger charge is -2.08. The second kappa shape index (κ2) is 13.0. The number of aromatic nitrogens is 3. The van der Waals surface area contributed by atoms with Gasteiger partial charge in [0.2, 0.25) is 5.88 Å². The van der Waals surface area contributed by atoms with Crippen LogP contribution < -0.4 is 4.74 Å². The van der Waals surface area contributed by atoms with Crippen molar-refractivity contribution in [2.45, 2.75) is 13.8 Å². The highest BCUT2D eigenvalue weighted by Gasteiger charge is 2.23. The molecule has 3 heterocycles. The molecule has 2 N–H and O–H groups in total. The van der Waals surface area contributed by atoms with Gasteiger partial charge in [-0.1, -0.05) is 31.9 Å². The molecule has 0 fully saturated rings. The Labute approximate surface area is 255 Å². The molecule has 3 aromatic heterocycles. The van der Waals surface area contributed by atoms with Crippen LogP contribution >= 0.6 is 54.5 Å². The SMILES string of the molecule is CCOC(=O)c1[nH]c2ccc(Br)cc2c1-c1cccnc1OC.CCOC(=O)c1[nH]c2ccc(Br)cc2c1I. The fourth-order valence-electron chi connectivity index (χ4n) is 4.02. The number of methoxy groups -OCH3 is 1. The van der Waals surface area contributed by atoms with E-state index in [1.165, 1.54) is 0 Å². The number of ether oxygens (including phenoxy) is 3. The van der Waals surface area contributed by atoms with Crippen molar-refractivity contribution in [3.8, 4) is 17.0 Å². The molecular formula is C28H24Br2IN3O5. The Kier molecular flexibility index (Phi) is 9.67. The summed E-state index contributed by atoms with van der Waals surface area (Å²) in [6.45, 7) is 4.26. The van der Waals surface area contributed by atoms with Crippen LogP contribution in [0, 0.1) is 3.57 Å². The van der Waals surface area contributed by atoms with Gasteiger partial charge < -0.3 is 24.2 Å². The van der Waals surface area contributed by atoms with Gasteiger partial charge in [-0.05, 0) is 85.0 Å². The van der Waals surface area contributed by atoms with Gasteiger partial charge in [-0.3, -0.25) is 0 Å². The van der Waals surface area contributed by atoms with E-state index in [4.69, 9.17) is 14.2 Å². The van der Waals surface area contributed by atoms with Gasteiger partial charge in [-0.25, -0.2) is 14.6 Å². The predicted octanol–water partition coefficient (Wildman–Crippen LogP) is 7.89. The molecule has 0 saturated heterocycles. The van der Waals surface area contributed by atoms with Crippen LogP contribution in [0.15, 0.2) is 63.7 Å². The first-order chi connectivity index (χ1) is 18.8. The lowest BCUT2D eigenvalue weighted by Crippen LogP contribution is -2.06. The maximum Gasteiger partial charge on any atom is 0.355 e. The summed E-state index contributed by atoms with van der Waals surface area (Å²) < 4.78 is 18.3. The summed E-state index contributed by atoms with van der Waals surface area (Å²) in [6.07, 6.45) is 1.65. The average molecular weight is 769 g/mol. The van der Waals surface area contributed by atoms with Gasteiger partial charge in [-0.2, -0.15) is 0 Å². The highest BCUT2D eigenvalue weighted by atomic mass is 127. The molecule has 0 aliphatic heterocycles. The number of nitrogens with one attached hydrogen (secondary N) is 2. The summed E-state index contributed by atoms with van der Waals surface area (Å²) in [7, 11) is 1.56. The topological polar surface area (TPSA) is 106 Å². The maximum atomic E-state index is 12.4. The van der Waals surface area contributed by atoms with Crippen molar-refractivity contribution in [2.24, 2.45) is 0 Å². The third kappa shape index (κ3) is 6.30. The number of carbonyl (C=O) groups is 2. The number of pyridine rings is 1. The van der Waals surface area contributed by atoms with Gasteiger partial charge in [0.25, 0.3) is 0 Å². The largest absolute Gasteiger partial charge is 0.481 e. The third-order valence-corrected chi connectivity index (χ3v) is 7.76. The molecule has 202 valence electrons. The molecule has 0 aliphatic rings. The number of halogens is 3. The number of hydrogen-bond acceptors (Lipinski definition) is 6. The van der Waals surface area contributed by atoms with Crippen molar-refractivity contribution in [3.05, 3.63) is 78.6 Å². The maximum absolute atomic E-state index is 12.4. The number of benzene rings is 2. The standard InChI is InChI=1S/C17H15BrN2O3.C11H9BrINO2/c1-3-23-17(21)15-14(11-5-4-8-19-16(11)22-2)12-9-10(18)6-7-13(12)20-15;1-2-16-11(15)10-9(13)7-5-6(12)3-4-8(7)14-10/h4-9,20H,3H2,1-2H3;3-5,14H,2H2,1H3. The van der Waals surface area contributed by atoms with E-state index in [-0.39, 0.29) is 5.97 Å². The van der Waals surface area contributed by atoms with Gasteiger partial charge >= 0.3 is 11.9 Å².